The van der Waals surface area contributed by atoms with E-state index in [2.05, 4.69) is 10.6 Å². The Morgan fingerprint density at radius 3 is 2.79 bits per heavy atom. The van der Waals surface area contributed by atoms with Crippen LogP contribution >= 0.6 is 0 Å². The van der Waals surface area contributed by atoms with Crippen molar-refractivity contribution in [2.75, 3.05) is 13.7 Å². The molecule has 1 aliphatic carbocycles. The lowest BCUT2D eigenvalue weighted by atomic mass is 9.87. The first-order valence-corrected chi connectivity index (χ1v) is 9.88. The van der Waals surface area contributed by atoms with Crippen LogP contribution in [0.5, 0.6) is 11.5 Å². The number of hydrogen-bond donors (Lipinski definition) is 2. The molecule has 1 aromatic rings. The monoisotopic (exact) mass is 403 g/mol. The minimum atomic E-state index is -3.91. The molecule has 1 aromatic carbocycles. The molecule has 0 saturated heterocycles. The molecule has 8 heteroatoms. The zero-order chi connectivity index (χ0) is 20.7. The fraction of sp³-hybridized carbons (Fsp3) is 0.250. The number of benzene rings is 1. The lowest BCUT2D eigenvalue weighted by Gasteiger charge is -2.23. The third-order valence-corrected chi connectivity index (χ3v) is 5.03. The number of allylic oxidation sites excluding steroid dienone is 3. The third kappa shape index (κ3) is 5.41. The molecule has 0 aliphatic heterocycles. The van der Waals surface area contributed by atoms with Gasteiger partial charge in [0.2, 0.25) is 0 Å². The van der Waals surface area contributed by atoms with Gasteiger partial charge in [0.15, 0.2) is 11.5 Å². The number of hydrogen-bond acceptors (Lipinski definition) is 5. The van der Waals surface area contributed by atoms with E-state index in [1.54, 1.807) is 37.3 Å². The van der Waals surface area contributed by atoms with E-state index >= 15 is 0 Å². The van der Waals surface area contributed by atoms with Crippen LogP contribution in [-0.2, 0) is 14.8 Å². The molecule has 0 radical (unpaired) electrons. The van der Waals surface area contributed by atoms with Gasteiger partial charge in [-0.2, -0.15) is 0 Å². The van der Waals surface area contributed by atoms with Gasteiger partial charge in [0, 0.05) is 5.70 Å². The van der Waals surface area contributed by atoms with Gasteiger partial charge >= 0.3 is 5.97 Å². The predicted molar refractivity (Wildman–Crippen MR) is 106 cm³/mol. The minimum Gasteiger partial charge on any atom is -0.493 e. The maximum atomic E-state index is 12.4. The van der Waals surface area contributed by atoms with Gasteiger partial charge in [-0.05, 0) is 35.8 Å². The van der Waals surface area contributed by atoms with Crippen LogP contribution in [0, 0.1) is 24.2 Å². The largest absolute Gasteiger partial charge is 0.493 e. The smallest absolute Gasteiger partial charge is 0.313 e. The van der Waals surface area contributed by atoms with Crippen molar-refractivity contribution < 1.29 is 27.8 Å². The Morgan fingerprint density at radius 1 is 1.39 bits per heavy atom. The number of carbonyl (C=O) groups is 1. The standard InChI is InChI=1S/C20H21NO6S/c1-4-11-27-17-9-8-15(13-18(17)26-3)10-12-28(24,25)21-16-7-5-6-14(2)19(16)20(22)23/h1,5-10,12-14,19,21H,11H2,2-3H3,(H,22,23). The number of nitrogens with one attached hydrogen (secondary N) is 1. The summed E-state index contributed by atoms with van der Waals surface area (Å²) in [4.78, 5) is 11.5. The summed E-state index contributed by atoms with van der Waals surface area (Å²) in [5.41, 5.74) is 0.665. The molecule has 0 bridgehead atoms. The van der Waals surface area contributed by atoms with Gasteiger partial charge < -0.3 is 14.6 Å². The van der Waals surface area contributed by atoms with Crippen molar-refractivity contribution in [3.05, 3.63) is 53.1 Å². The average Bonchev–Trinajstić information content (AvgIpc) is 2.64. The van der Waals surface area contributed by atoms with Crippen molar-refractivity contribution >= 4 is 22.1 Å². The Balaban J connectivity index is 2.18. The number of rotatable bonds is 8. The van der Waals surface area contributed by atoms with Crippen LogP contribution in [0.3, 0.4) is 0 Å². The lowest BCUT2D eigenvalue weighted by Crippen LogP contribution is -2.34. The molecule has 0 spiro atoms. The molecule has 0 heterocycles. The zero-order valence-electron chi connectivity index (χ0n) is 15.5. The van der Waals surface area contributed by atoms with Gasteiger partial charge in [-0.15, -0.1) is 6.42 Å². The second-order valence-electron chi connectivity index (χ2n) is 6.03. The van der Waals surface area contributed by atoms with E-state index in [4.69, 9.17) is 15.9 Å². The Bertz CT molecular complexity index is 969. The van der Waals surface area contributed by atoms with Crippen molar-refractivity contribution in [1.29, 1.82) is 0 Å². The SMILES string of the molecule is C#CCOc1ccc(C=CS(=O)(=O)NC2=CC=CC(C)C2C(=O)O)cc1OC. The molecule has 148 valence electrons. The van der Waals surface area contributed by atoms with Crippen LogP contribution in [0.4, 0.5) is 0 Å². The highest BCUT2D eigenvalue weighted by atomic mass is 32.2. The first kappa shape index (κ1) is 21.1. The molecule has 28 heavy (non-hydrogen) atoms. The summed E-state index contributed by atoms with van der Waals surface area (Å²) < 4.78 is 37.6. The van der Waals surface area contributed by atoms with E-state index in [0.29, 0.717) is 17.1 Å². The molecule has 0 amide bonds. The van der Waals surface area contributed by atoms with E-state index in [9.17, 15) is 18.3 Å². The summed E-state index contributed by atoms with van der Waals surface area (Å²) in [6.45, 7) is 1.79. The molecule has 0 saturated carbocycles. The van der Waals surface area contributed by atoms with E-state index in [1.165, 1.54) is 19.3 Å². The molecule has 2 N–H and O–H groups in total. The van der Waals surface area contributed by atoms with Crippen molar-refractivity contribution in [1.82, 2.24) is 4.72 Å². The molecule has 0 aromatic heterocycles. The molecular weight excluding hydrogens is 382 g/mol. The van der Waals surface area contributed by atoms with Gasteiger partial charge in [-0.25, -0.2) is 8.42 Å². The maximum absolute atomic E-state index is 12.4. The van der Waals surface area contributed by atoms with Crippen LogP contribution in [0.2, 0.25) is 0 Å². The average molecular weight is 403 g/mol. The minimum absolute atomic E-state index is 0.0799. The van der Waals surface area contributed by atoms with Gasteiger partial charge in [-0.3, -0.25) is 9.52 Å². The highest BCUT2D eigenvalue weighted by Crippen LogP contribution is 2.29. The summed E-state index contributed by atoms with van der Waals surface area (Å²) in [5.74, 6) is 0.813. The molecule has 7 nitrogen and oxygen atoms in total. The molecular formula is C20H21NO6S. The maximum Gasteiger partial charge on any atom is 0.313 e. The summed E-state index contributed by atoms with van der Waals surface area (Å²) in [7, 11) is -2.45. The van der Waals surface area contributed by atoms with Gasteiger partial charge in [0.25, 0.3) is 10.0 Å². The van der Waals surface area contributed by atoms with Gasteiger partial charge in [0.05, 0.1) is 12.5 Å². The second-order valence-corrected chi connectivity index (χ2v) is 7.60. The van der Waals surface area contributed by atoms with E-state index in [1.807, 2.05) is 0 Å². The lowest BCUT2D eigenvalue weighted by molar-refractivity contribution is -0.141. The van der Waals surface area contributed by atoms with Crippen molar-refractivity contribution in [2.24, 2.45) is 11.8 Å². The van der Waals surface area contributed by atoms with Crippen molar-refractivity contribution in [3.63, 3.8) is 0 Å². The first-order chi connectivity index (χ1) is 13.3. The summed E-state index contributed by atoms with van der Waals surface area (Å²) >= 11 is 0. The molecule has 0 fully saturated rings. The number of carboxylic acid groups (broad SMARTS) is 1. The molecule has 2 unspecified atom stereocenters. The Kier molecular flexibility index (Phi) is 6.90. The Hall–Kier alpha value is -3.18. The molecule has 2 rings (SSSR count). The number of terminal acetylenes is 1. The fourth-order valence-electron chi connectivity index (χ4n) is 2.68. The third-order valence-electron chi connectivity index (χ3n) is 4.02. The summed E-state index contributed by atoms with van der Waals surface area (Å²) in [5, 5.41) is 10.3. The van der Waals surface area contributed by atoms with Crippen LogP contribution in [0.15, 0.2) is 47.5 Å². The number of methoxy groups -OCH3 is 1. The fourth-order valence-corrected chi connectivity index (χ4v) is 3.61. The first-order valence-electron chi connectivity index (χ1n) is 8.34. The van der Waals surface area contributed by atoms with E-state index < -0.39 is 21.9 Å². The highest BCUT2D eigenvalue weighted by molar-refractivity contribution is 7.92. The normalized spacial score (nSPS) is 19.0. The Morgan fingerprint density at radius 2 is 2.14 bits per heavy atom. The quantitative estimate of drug-likeness (QED) is 0.646. The summed E-state index contributed by atoms with van der Waals surface area (Å²) in [6, 6.07) is 4.86. The number of aliphatic carboxylic acids is 1. The molecule has 2 atom stereocenters. The highest BCUT2D eigenvalue weighted by Gasteiger charge is 2.30. The number of ether oxygens (including phenoxy) is 2. The van der Waals surface area contributed by atoms with E-state index in [-0.39, 0.29) is 18.2 Å². The van der Waals surface area contributed by atoms with Crippen molar-refractivity contribution in [2.45, 2.75) is 6.92 Å². The Labute approximate surface area is 164 Å². The van der Waals surface area contributed by atoms with Gasteiger partial charge in [0.1, 0.15) is 12.5 Å². The van der Waals surface area contributed by atoms with Gasteiger partial charge in [-0.1, -0.05) is 31.1 Å². The zero-order valence-corrected chi connectivity index (χ0v) is 16.3. The summed E-state index contributed by atoms with van der Waals surface area (Å²) in [6.07, 6.45) is 11.3. The second kappa shape index (κ2) is 9.15. The van der Waals surface area contributed by atoms with Crippen LogP contribution in [0.25, 0.3) is 6.08 Å². The van der Waals surface area contributed by atoms with Crippen molar-refractivity contribution in [3.8, 4) is 23.8 Å². The van der Waals surface area contributed by atoms with Crippen LogP contribution < -0.4 is 14.2 Å². The predicted octanol–water partition coefficient (Wildman–Crippen LogP) is 2.39. The van der Waals surface area contributed by atoms with Crippen LogP contribution in [0.1, 0.15) is 12.5 Å². The number of carboxylic acids is 1. The van der Waals surface area contributed by atoms with Crippen LogP contribution in [-0.4, -0.2) is 33.2 Å². The number of sulfonamides is 1. The molecule has 1 aliphatic rings. The van der Waals surface area contributed by atoms with E-state index in [0.717, 1.165) is 5.41 Å². The topological polar surface area (TPSA) is 102 Å².